The second-order valence-corrected chi connectivity index (χ2v) is 3.49. The largest absolute Gasteiger partial charge is 0.489 e. The van der Waals surface area contributed by atoms with Gasteiger partial charge in [-0.25, -0.2) is 4.98 Å². The molecule has 100 valence electrons. The molecule has 0 spiro atoms. The van der Waals surface area contributed by atoms with Crippen molar-refractivity contribution in [3.8, 4) is 5.75 Å². The van der Waals surface area contributed by atoms with Gasteiger partial charge in [-0.15, -0.1) is 0 Å². The smallest absolute Gasteiger partial charge is 0.307 e. The Kier molecular flexibility index (Phi) is 5.16. The lowest BCUT2D eigenvalue weighted by molar-refractivity contribution is -0.140. The number of hydrogen-bond acceptors (Lipinski definition) is 6. The van der Waals surface area contributed by atoms with Crippen LogP contribution in [0.15, 0.2) is 11.1 Å². The fourth-order valence-electron chi connectivity index (χ4n) is 1.53. The van der Waals surface area contributed by atoms with Crippen LogP contribution < -0.4 is 15.2 Å². The van der Waals surface area contributed by atoms with Crippen molar-refractivity contribution in [2.75, 3.05) is 32.2 Å². The van der Waals surface area contributed by atoms with Gasteiger partial charge in [0.05, 0.1) is 27.0 Å². The lowest BCUT2D eigenvalue weighted by Crippen LogP contribution is -2.29. The molecule has 1 N–H and O–H groups in total. The number of anilines is 1. The number of H-pyrrole nitrogens is 1. The Morgan fingerprint density at radius 2 is 2.22 bits per heavy atom. The first-order valence-corrected chi connectivity index (χ1v) is 5.57. The molecule has 0 aromatic carbocycles. The van der Waals surface area contributed by atoms with Gasteiger partial charge in [0, 0.05) is 13.1 Å². The van der Waals surface area contributed by atoms with Gasteiger partial charge in [0.2, 0.25) is 5.75 Å². The van der Waals surface area contributed by atoms with Crippen LogP contribution >= 0.6 is 0 Å². The first-order chi connectivity index (χ1) is 8.63. The van der Waals surface area contributed by atoms with Gasteiger partial charge in [0.15, 0.2) is 5.82 Å². The Morgan fingerprint density at radius 1 is 1.50 bits per heavy atom. The molecule has 0 aliphatic heterocycles. The minimum atomic E-state index is -0.348. The molecule has 0 amide bonds. The normalized spacial score (nSPS) is 9.94. The highest BCUT2D eigenvalue weighted by molar-refractivity contribution is 5.70. The second-order valence-electron chi connectivity index (χ2n) is 3.49. The summed E-state index contributed by atoms with van der Waals surface area (Å²) < 4.78 is 9.60. The van der Waals surface area contributed by atoms with E-state index >= 15 is 0 Å². The van der Waals surface area contributed by atoms with E-state index in [0.29, 0.717) is 18.9 Å². The average molecular weight is 255 g/mol. The van der Waals surface area contributed by atoms with E-state index in [-0.39, 0.29) is 23.7 Å². The van der Waals surface area contributed by atoms with Crippen LogP contribution in [0.1, 0.15) is 13.3 Å². The van der Waals surface area contributed by atoms with Crippen LogP contribution in [0.4, 0.5) is 5.82 Å². The molecule has 0 atom stereocenters. The maximum atomic E-state index is 11.5. The van der Waals surface area contributed by atoms with Gasteiger partial charge in [0.25, 0.3) is 5.56 Å². The van der Waals surface area contributed by atoms with Crippen LogP contribution in [-0.2, 0) is 9.53 Å². The summed E-state index contributed by atoms with van der Waals surface area (Å²) in [6, 6.07) is 0. The van der Waals surface area contributed by atoms with Crippen molar-refractivity contribution in [2.24, 2.45) is 0 Å². The zero-order valence-electron chi connectivity index (χ0n) is 10.7. The van der Waals surface area contributed by atoms with Crippen molar-refractivity contribution in [1.29, 1.82) is 0 Å². The quantitative estimate of drug-likeness (QED) is 0.729. The molecule has 0 bridgehead atoms. The van der Waals surface area contributed by atoms with Crippen molar-refractivity contribution in [3.63, 3.8) is 0 Å². The highest BCUT2D eigenvalue weighted by Gasteiger charge is 2.16. The zero-order valence-corrected chi connectivity index (χ0v) is 10.7. The maximum absolute atomic E-state index is 11.5. The van der Waals surface area contributed by atoms with E-state index in [4.69, 9.17) is 4.74 Å². The molecule has 0 fully saturated rings. The number of aromatic amines is 1. The second kappa shape index (κ2) is 6.63. The maximum Gasteiger partial charge on any atom is 0.307 e. The molecule has 0 saturated heterocycles. The summed E-state index contributed by atoms with van der Waals surface area (Å²) in [5, 5.41) is 0. The predicted octanol–water partition coefficient (Wildman–Crippen LogP) is 0.168. The van der Waals surface area contributed by atoms with Crippen LogP contribution in [0, 0.1) is 0 Å². The van der Waals surface area contributed by atoms with Gasteiger partial charge in [-0.05, 0) is 6.92 Å². The molecule has 0 radical (unpaired) electrons. The van der Waals surface area contributed by atoms with E-state index in [9.17, 15) is 9.59 Å². The van der Waals surface area contributed by atoms with Crippen molar-refractivity contribution >= 4 is 11.8 Å². The Hall–Kier alpha value is -2.05. The molecule has 0 unspecified atom stereocenters. The van der Waals surface area contributed by atoms with Gasteiger partial charge in [-0.1, -0.05) is 0 Å². The number of esters is 1. The standard InChI is InChI=1S/C11H17N3O4/c1-4-14(6-5-8(15)17-2)10-9(18-3)11(16)13-7-12-10/h7H,4-6H2,1-3H3,(H,12,13,16). The van der Waals surface area contributed by atoms with Gasteiger partial charge in [0.1, 0.15) is 0 Å². The first-order valence-electron chi connectivity index (χ1n) is 5.57. The number of nitrogens with zero attached hydrogens (tertiary/aromatic N) is 2. The van der Waals surface area contributed by atoms with E-state index in [1.807, 2.05) is 6.92 Å². The Bertz CT molecular complexity index is 458. The molecule has 1 heterocycles. The molecule has 1 aromatic rings. The van der Waals surface area contributed by atoms with Crippen molar-refractivity contribution < 1.29 is 14.3 Å². The van der Waals surface area contributed by atoms with Crippen molar-refractivity contribution in [3.05, 3.63) is 16.7 Å². The molecular formula is C11H17N3O4. The third-order valence-electron chi connectivity index (χ3n) is 2.49. The van der Waals surface area contributed by atoms with Crippen LogP contribution in [0.25, 0.3) is 0 Å². The fourth-order valence-corrected chi connectivity index (χ4v) is 1.53. The summed E-state index contributed by atoms with van der Waals surface area (Å²) in [5.74, 6) is 0.258. The third kappa shape index (κ3) is 3.22. The summed E-state index contributed by atoms with van der Waals surface area (Å²) >= 11 is 0. The summed E-state index contributed by atoms with van der Waals surface area (Å²) in [7, 11) is 2.74. The lowest BCUT2D eigenvalue weighted by Gasteiger charge is -2.22. The minimum absolute atomic E-state index is 0.143. The summed E-state index contributed by atoms with van der Waals surface area (Å²) in [6.45, 7) is 2.92. The van der Waals surface area contributed by atoms with Crippen LogP contribution in [0.3, 0.4) is 0 Å². The molecule has 1 aromatic heterocycles. The summed E-state index contributed by atoms with van der Waals surface area (Å²) in [4.78, 5) is 31.0. The third-order valence-corrected chi connectivity index (χ3v) is 2.49. The number of ether oxygens (including phenoxy) is 2. The fraction of sp³-hybridized carbons (Fsp3) is 0.545. The molecule has 0 aliphatic rings. The number of aromatic nitrogens is 2. The lowest BCUT2D eigenvalue weighted by atomic mass is 10.3. The number of nitrogens with one attached hydrogen (secondary N) is 1. The molecule has 0 saturated carbocycles. The monoisotopic (exact) mass is 255 g/mol. The Balaban J connectivity index is 2.91. The molecular weight excluding hydrogens is 238 g/mol. The van der Waals surface area contributed by atoms with Gasteiger partial charge >= 0.3 is 5.97 Å². The Labute approximate surface area is 105 Å². The summed E-state index contributed by atoms with van der Waals surface area (Å²) in [5.41, 5.74) is -0.348. The topological polar surface area (TPSA) is 84.5 Å². The zero-order chi connectivity index (χ0) is 13.5. The number of methoxy groups -OCH3 is 2. The van der Waals surface area contributed by atoms with Gasteiger partial charge in [-0.2, -0.15) is 0 Å². The van der Waals surface area contributed by atoms with E-state index in [1.54, 1.807) is 4.90 Å². The van der Waals surface area contributed by atoms with Crippen molar-refractivity contribution in [1.82, 2.24) is 9.97 Å². The van der Waals surface area contributed by atoms with Crippen LogP contribution in [0.2, 0.25) is 0 Å². The number of carbonyl (C=O) groups excluding carboxylic acids is 1. The molecule has 7 heteroatoms. The molecule has 7 nitrogen and oxygen atoms in total. The van der Waals surface area contributed by atoms with Gasteiger partial charge in [-0.3, -0.25) is 9.59 Å². The summed E-state index contributed by atoms with van der Waals surface area (Å²) in [6.07, 6.45) is 1.53. The van der Waals surface area contributed by atoms with Crippen LogP contribution in [0.5, 0.6) is 5.75 Å². The minimum Gasteiger partial charge on any atom is -0.489 e. The number of rotatable bonds is 6. The first kappa shape index (κ1) is 14.0. The highest BCUT2D eigenvalue weighted by Crippen LogP contribution is 2.20. The highest BCUT2D eigenvalue weighted by atomic mass is 16.5. The molecule has 0 aliphatic carbocycles. The number of hydrogen-bond donors (Lipinski definition) is 1. The van der Waals surface area contributed by atoms with Gasteiger partial charge < -0.3 is 19.4 Å². The van der Waals surface area contributed by atoms with Crippen LogP contribution in [-0.4, -0.2) is 43.2 Å². The van der Waals surface area contributed by atoms with E-state index in [0.717, 1.165) is 0 Å². The predicted molar refractivity (Wildman–Crippen MR) is 65.9 cm³/mol. The van der Waals surface area contributed by atoms with E-state index in [2.05, 4.69) is 14.7 Å². The average Bonchev–Trinajstić information content (AvgIpc) is 2.39. The molecule has 18 heavy (non-hydrogen) atoms. The van der Waals surface area contributed by atoms with E-state index < -0.39 is 0 Å². The van der Waals surface area contributed by atoms with E-state index in [1.165, 1.54) is 20.5 Å². The van der Waals surface area contributed by atoms with Crippen molar-refractivity contribution in [2.45, 2.75) is 13.3 Å². The SMILES string of the molecule is CCN(CCC(=O)OC)c1nc[nH]c(=O)c1OC. The Morgan fingerprint density at radius 3 is 2.78 bits per heavy atom. The number of carbonyl (C=O) groups is 1. The molecule has 1 rings (SSSR count).